The Balaban J connectivity index is 1.81. The van der Waals surface area contributed by atoms with E-state index in [1.807, 2.05) is 24.3 Å². The van der Waals surface area contributed by atoms with Crippen LogP contribution in [0.3, 0.4) is 0 Å². The minimum Gasteiger partial charge on any atom is -0.0794 e. The van der Waals surface area contributed by atoms with E-state index in [0.29, 0.717) is 0 Å². The first kappa shape index (κ1) is 11.7. The van der Waals surface area contributed by atoms with Crippen LogP contribution in [-0.2, 0) is 0 Å². The van der Waals surface area contributed by atoms with Gasteiger partial charge in [0, 0.05) is 11.1 Å². The fourth-order valence-electron chi connectivity index (χ4n) is 1.43. The molecule has 0 aromatic heterocycles. The maximum Gasteiger partial charge on any atom is 0.00682 e. The Kier molecular flexibility index (Phi) is 4.35. The van der Waals surface area contributed by atoms with E-state index >= 15 is 0 Å². The third-order valence-electron chi connectivity index (χ3n) is 2.30. The van der Waals surface area contributed by atoms with Gasteiger partial charge in [-0.25, -0.2) is 0 Å². The summed E-state index contributed by atoms with van der Waals surface area (Å²) < 4.78 is 0. The number of hydrogen-bond acceptors (Lipinski definition) is 0. The van der Waals surface area contributed by atoms with Crippen LogP contribution in [0.4, 0.5) is 0 Å². The van der Waals surface area contributed by atoms with Gasteiger partial charge in [-0.3, -0.25) is 0 Å². The highest BCUT2D eigenvalue weighted by atomic mass is 14.0. The number of rotatable bonds is 0. The zero-order valence-electron chi connectivity index (χ0n) is 9.88. The van der Waals surface area contributed by atoms with Crippen molar-refractivity contribution in [1.82, 2.24) is 0 Å². The zero-order valence-corrected chi connectivity index (χ0v) is 9.88. The molecule has 0 N–H and O–H groups in total. The van der Waals surface area contributed by atoms with Crippen molar-refractivity contribution >= 4 is 0 Å². The molecule has 2 rings (SSSR count). The molecule has 0 nitrogen and oxygen atoms in total. The highest BCUT2D eigenvalue weighted by Gasteiger charge is 1.92. The van der Waals surface area contributed by atoms with E-state index < -0.39 is 0 Å². The van der Waals surface area contributed by atoms with Gasteiger partial charge in [-0.05, 0) is 48.4 Å². The van der Waals surface area contributed by atoms with Gasteiger partial charge < -0.3 is 0 Å². The van der Waals surface area contributed by atoms with Gasteiger partial charge in [0.1, 0.15) is 0 Å². The fraction of sp³-hybridized carbons (Fsp3) is 0.111. The lowest BCUT2D eigenvalue weighted by molar-refractivity contribution is 1.36. The molecule has 0 unspecified atom stereocenters. The molecule has 2 aliphatic carbocycles. The zero-order chi connectivity index (χ0) is 12.5. The molecule has 0 bridgehead atoms. The van der Waals surface area contributed by atoms with Crippen LogP contribution in [0.2, 0.25) is 0 Å². The summed E-state index contributed by atoms with van der Waals surface area (Å²) in [5.74, 6) is 22.2. The molecular formula is C18H10. The predicted octanol–water partition coefficient (Wildman–Crippen LogP) is 2.77. The third kappa shape index (κ3) is 3.99. The van der Waals surface area contributed by atoms with Gasteiger partial charge in [-0.2, -0.15) is 0 Å². The lowest BCUT2D eigenvalue weighted by atomic mass is 10.2. The summed E-state index contributed by atoms with van der Waals surface area (Å²) in [4.78, 5) is 0. The lowest BCUT2D eigenvalue weighted by Crippen LogP contribution is -1.68. The topological polar surface area (TPSA) is 0 Å². The second kappa shape index (κ2) is 6.71. The molecule has 0 fully saturated rings. The minimum atomic E-state index is 0.912. The fourth-order valence-corrected chi connectivity index (χ4v) is 1.43. The third-order valence-corrected chi connectivity index (χ3v) is 2.30. The molecular weight excluding hydrogens is 216 g/mol. The second-order valence-corrected chi connectivity index (χ2v) is 3.65. The Morgan fingerprint density at radius 1 is 0.611 bits per heavy atom. The van der Waals surface area contributed by atoms with Gasteiger partial charge >= 0.3 is 0 Å². The van der Waals surface area contributed by atoms with E-state index in [1.54, 1.807) is 0 Å². The molecule has 0 saturated carbocycles. The Morgan fingerprint density at radius 3 is 1.44 bits per heavy atom. The van der Waals surface area contributed by atoms with Crippen molar-refractivity contribution < 1.29 is 0 Å². The number of hydrogen-bond donors (Lipinski definition) is 0. The highest BCUT2D eigenvalue weighted by molar-refractivity contribution is 5.47. The molecule has 82 valence electrons. The van der Waals surface area contributed by atoms with Crippen molar-refractivity contribution in [2.24, 2.45) is 0 Å². The van der Waals surface area contributed by atoms with Crippen LogP contribution in [0.15, 0.2) is 47.6 Å². The van der Waals surface area contributed by atoms with E-state index in [-0.39, 0.29) is 0 Å². The largest absolute Gasteiger partial charge is 0.0794 e. The van der Waals surface area contributed by atoms with Gasteiger partial charge in [0.05, 0.1) is 0 Å². The molecule has 0 aliphatic heterocycles. The quantitative estimate of drug-likeness (QED) is 0.557. The Bertz CT molecular complexity index is 627. The first-order valence-corrected chi connectivity index (χ1v) is 5.68. The van der Waals surface area contributed by atoms with Crippen LogP contribution in [-0.4, -0.2) is 0 Å². The van der Waals surface area contributed by atoms with Gasteiger partial charge in [0.25, 0.3) is 0 Å². The lowest BCUT2D eigenvalue weighted by Gasteiger charge is -1.80. The van der Waals surface area contributed by atoms with E-state index in [2.05, 4.69) is 59.5 Å². The van der Waals surface area contributed by atoms with Crippen LogP contribution in [0.1, 0.15) is 12.8 Å². The molecule has 0 aromatic rings. The summed E-state index contributed by atoms with van der Waals surface area (Å²) in [6.45, 7) is 0. The Labute approximate surface area is 108 Å². The summed E-state index contributed by atoms with van der Waals surface area (Å²) in [6.07, 6.45) is 14.0. The first-order valence-electron chi connectivity index (χ1n) is 5.68. The molecule has 2 aliphatic rings. The number of allylic oxidation sites excluding steroid dienone is 8. The monoisotopic (exact) mass is 226 g/mol. The van der Waals surface area contributed by atoms with Crippen LogP contribution in [0, 0.1) is 47.4 Å². The smallest absolute Gasteiger partial charge is 0.00682 e. The summed E-state index contributed by atoms with van der Waals surface area (Å²) in [5.41, 5.74) is 2.19. The van der Waals surface area contributed by atoms with Crippen LogP contribution in [0.5, 0.6) is 0 Å². The molecule has 0 saturated heterocycles. The average molecular weight is 226 g/mol. The molecule has 0 atom stereocenters. The average Bonchev–Trinajstić information content (AvgIpc) is 3.05. The molecule has 0 heterocycles. The van der Waals surface area contributed by atoms with Crippen molar-refractivity contribution in [3.63, 3.8) is 0 Å². The van der Waals surface area contributed by atoms with Gasteiger partial charge in [0.15, 0.2) is 0 Å². The van der Waals surface area contributed by atoms with Crippen molar-refractivity contribution in [1.29, 1.82) is 0 Å². The molecule has 0 heteroatoms. The van der Waals surface area contributed by atoms with Crippen molar-refractivity contribution in [2.75, 3.05) is 0 Å². The molecule has 18 heavy (non-hydrogen) atoms. The SMILES string of the molecule is C(C#CC#CC1=CC=CC1)#CC#CC1=CC=CC1. The normalized spacial score (nSPS) is 13.8. The van der Waals surface area contributed by atoms with E-state index in [1.165, 1.54) is 0 Å². The minimum absolute atomic E-state index is 0.912. The first-order chi connectivity index (χ1) is 8.95. The summed E-state index contributed by atoms with van der Waals surface area (Å²) in [6, 6.07) is 0. The maximum atomic E-state index is 2.97. The van der Waals surface area contributed by atoms with E-state index in [4.69, 9.17) is 0 Å². The van der Waals surface area contributed by atoms with E-state index in [9.17, 15) is 0 Å². The molecule has 0 radical (unpaired) electrons. The van der Waals surface area contributed by atoms with Gasteiger partial charge in [0.2, 0.25) is 0 Å². The van der Waals surface area contributed by atoms with Crippen molar-refractivity contribution in [3.8, 4) is 47.4 Å². The molecule has 0 amide bonds. The standard InChI is InChI=1S/C18H10/c1(3-5-11-17-13-7-8-14-17)2-4-6-12-18-15-9-10-16-18/h7-10,13,15H,14,16H2. The van der Waals surface area contributed by atoms with E-state index in [0.717, 1.165) is 24.0 Å². The van der Waals surface area contributed by atoms with Gasteiger partial charge in [-0.1, -0.05) is 48.3 Å². The van der Waals surface area contributed by atoms with Crippen LogP contribution < -0.4 is 0 Å². The second-order valence-electron chi connectivity index (χ2n) is 3.65. The Morgan fingerprint density at radius 2 is 1.06 bits per heavy atom. The maximum absolute atomic E-state index is 2.97. The summed E-state index contributed by atoms with van der Waals surface area (Å²) in [5, 5.41) is 0. The predicted molar refractivity (Wildman–Crippen MR) is 74.8 cm³/mol. The van der Waals surface area contributed by atoms with Crippen molar-refractivity contribution in [3.05, 3.63) is 47.6 Å². The van der Waals surface area contributed by atoms with Crippen molar-refractivity contribution in [2.45, 2.75) is 12.8 Å². The van der Waals surface area contributed by atoms with Gasteiger partial charge in [-0.15, -0.1) is 0 Å². The molecule has 0 spiro atoms. The van der Waals surface area contributed by atoms with Crippen LogP contribution in [0.25, 0.3) is 0 Å². The molecule has 0 aromatic carbocycles. The highest BCUT2D eigenvalue weighted by Crippen LogP contribution is 2.08. The summed E-state index contributed by atoms with van der Waals surface area (Å²) in [7, 11) is 0. The Hall–Kier alpha value is -2.80. The summed E-state index contributed by atoms with van der Waals surface area (Å²) >= 11 is 0. The van der Waals surface area contributed by atoms with Crippen LogP contribution >= 0.6 is 0 Å².